The number of aromatic nitrogens is 1. The number of para-hydroxylation sites is 1. The fraction of sp³-hybridized carbons (Fsp3) is 0.500. The number of hydroxylamine groups is 1. The normalized spacial score (nSPS) is 16.8. The lowest BCUT2D eigenvalue weighted by Crippen LogP contribution is -2.54. The van der Waals surface area contributed by atoms with E-state index in [1.807, 2.05) is 76.0 Å². The minimum absolute atomic E-state index is 0.00209. The van der Waals surface area contributed by atoms with E-state index >= 15 is 0 Å². The molecule has 222 valence electrons. The molecule has 1 fully saturated rings. The number of Topliss-reactive ketones (excluding diaryl/α,β-unsaturated/α-hetero) is 1. The van der Waals surface area contributed by atoms with Crippen molar-refractivity contribution in [3.05, 3.63) is 60.8 Å². The van der Waals surface area contributed by atoms with Crippen molar-refractivity contribution in [3.8, 4) is 0 Å². The molecule has 1 aliphatic rings. The summed E-state index contributed by atoms with van der Waals surface area (Å²) >= 11 is 0. The monoisotopic (exact) mass is 579 g/mol. The molecule has 1 aliphatic carbocycles. The highest BCUT2D eigenvalue weighted by atomic mass is 31.1. The van der Waals surface area contributed by atoms with Gasteiger partial charge in [0.15, 0.2) is 5.78 Å². The van der Waals surface area contributed by atoms with E-state index in [0.717, 1.165) is 48.5 Å². The zero-order valence-corrected chi connectivity index (χ0v) is 25.9. The van der Waals surface area contributed by atoms with Crippen LogP contribution in [0.3, 0.4) is 0 Å². The summed E-state index contributed by atoms with van der Waals surface area (Å²) in [5.41, 5.74) is 5.89. The Balaban J connectivity index is 1.68. The second-order valence-electron chi connectivity index (χ2n) is 10.4. The second kappa shape index (κ2) is 17.1. The molecule has 0 aliphatic heterocycles. The minimum atomic E-state index is -1.01. The fourth-order valence-corrected chi connectivity index (χ4v) is 6.21. The smallest absolute Gasteiger partial charge is 0.243 e. The Morgan fingerprint density at radius 1 is 1.15 bits per heavy atom. The second-order valence-corrected chi connectivity index (χ2v) is 12.1. The molecule has 1 amide bonds. The number of carbonyl (C=O) groups excluding carboxylic acids is 2. The highest BCUT2D eigenvalue weighted by molar-refractivity contribution is 7.70. The molecular formula is C32H46N5O3P. The summed E-state index contributed by atoms with van der Waals surface area (Å²) in [7, 11) is -1.01. The van der Waals surface area contributed by atoms with Gasteiger partial charge in [-0.05, 0) is 63.9 Å². The molecule has 1 heterocycles. The van der Waals surface area contributed by atoms with Crippen molar-refractivity contribution in [1.29, 1.82) is 0 Å². The van der Waals surface area contributed by atoms with Crippen LogP contribution >= 0.6 is 8.15 Å². The number of nitrogens with zero attached hydrogens (tertiary/aromatic N) is 2. The van der Waals surface area contributed by atoms with Gasteiger partial charge < -0.3 is 10.6 Å². The van der Waals surface area contributed by atoms with Crippen molar-refractivity contribution in [3.63, 3.8) is 0 Å². The van der Waals surface area contributed by atoms with Crippen LogP contribution in [0.4, 0.5) is 0 Å². The Morgan fingerprint density at radius 2 is 1.90 bits per heavy atom. The number of pyridine rings is 1. The van der Waals surface area contributed by atoms with Crippen LogP contribution in [-0.4, -0.2) is 54.0 Å². The summed E-state index contributed by atoms with van der Waals surface area (Å²) in [6.45, 7) is 12.8. The molecule has 9 heteroatoms. The number of amides is 1. The first-order valence-corrected chi connectivity index (χ1v) is 16.5. The van der Waals surface area contributed by atoms with E-state index in [0.29, 0.717) is 24.4 Å². The summed E-state index contributed by atoms with van der Waals surface area (Å²) in [4.78, 5) is 36.2. The molecule has 3 unspecified atom stereocenters. The molecule has 0 radical (unpaired) electrons. The molecule has 0 bridgehead atoms. The van der Waals surface area contributed by atoms with Crippen LogP contribution in [0.1, 0.15) is 71.4 Å². The van der Waals surface area contributed by atoms with E-state index in [4.69, 9.17) is 9.61 Å². The van der Waals surface area contributed by atoms with Gasteiger partial charge in [0, 0.05) is 11.9 Å². The highest BCUT2D eigenvalue weighted by Crippen LogP contribution is 2.33. The van der Waals surface area contributed by atoms with Crippen LogP contribution < -0.4 is 16.1 Å². The van der Waals surface area contributed by atoms with Crippen LogP contribution in [0, 0.1) is 5.92 Å². The van der Waals surface area contributed by atoms with Crippen LogP contribution in [0.15, 0.2) is 60.1 Å². The molecule has 3 rings (SSSR count). The molecule has 1 saturated carbocycles. The van der Waals surface area contributed by atoms with Gasteiger partial charge in [-0.2, -0.15) is 5.48 Å². The Hall–Kier alpha value is -2.93. The minimum Gasteiger partial charge on any atom is -0.372 e. The van der Waals surface area contributed by atoms with Crippen LogP contribution in [-0.2, 0) is 14.2 Å². The van der Waals surface area contributed by atoms with E-state index in [2.05, 4.69) is 27.7 Å². The topological polar surface area (TPSA) is 105 Å². The number of allylic oxidation sites excluding steroid dienone is 2. The summed E-state index contributed by atoms with van der Waals surface area (Å²) in [5, 5.41) is 7.53. The van der Waals surface area contributed by atoms with Gasteiger partial charge in [0.2, 0.25) is 5.91 Å². The average molecular weight is 580 g/mol. The van der Waals surface area contributed by atoms with Crippen LogP contribution in [0.2, 0.25) is 0 Å². The number of aliphatic imine (C=N–C) groups is 1. The fourth-order valence-electron chi connectivity index (χ4n) is 5.16. The summed E-state index contributed by atoms with van der Waals surface area (Å²) < 4.78 is 5.76. The molecule has 0 saturated heterocycles. The maximum Gasteiger partial charge on any atom is 0.243 e. The van der Waals surface area contributed by atoms with Gasteiger partial charge in [0.1, 0.15) is 14.2 Å². The lowest BCUT2D eigenvalue weighted by Gasteiger charge is -2.32. The van der Waals surface area contributed by atoms with Crippen molar-refractivity contribution in [1.82, 2.24) is 21.1 Å². The Bertz CT molecular complexity index is 1220. The van der Waals surface area contributed by atoms with E-state index in [-0.39, 0.29) is 24.2 Å². The van der Waals surface area contributed by atoms with E-state index in [1.165, 1.54) is 6.42 Å². The van der Waals surface area contributed by atoms with E-state index in [1.54, 1.807) is 0 Å². The first-order chi connectivity index (χ1) is 19.9. The zero-order chi connectivity index (χ0) is 29.6. The van der Waals surface area contributed by atoms with Gasteiger partial charge in [-0.3, -0.25) is 19.2 Å². The molecule has 3 atom stereocenters. The number of hydrogen-bond donors (Lipinski definition) is 3. The van der Waals surface area contributed by atoms with Gasteiger partial charge in [0.05, 0.1) is 34.9 Å². The maximum atomic E-state index is 13.8. The van der Waals surface area contributed by atoms with E-state index in [9.17, 15) is 9.59 Å². The molecule has 2 aromatic rings. The largest absolute Gasteiger partial charge is 0.372 e. The SMILES string of the molecule is C=C(NC(C(=O)NC(CCC)C(=O)CNOP(C)C(/C=C\C)=NCC)C1CCCCC1)c1ccc2ccccc2n1. The van der Waals surface area contributed by atoms with Crippen molar-refractivity contribution in [2.75, 3.05) is 19.8 Å². The van der Waals surface area contributed by atoms with Crippen molar-refractivity contribution < 1.29 is 14.2 Å². The quantitative estimate of drug-likeness (QED) is 0.125. The van der Waals surface area contributed by atoms with Crippen molar-refractivity contribution >= 4 is 41.9 Å². The summed E-state index contributed by atoms with van der Waals surface area (Å²) in [6.07, 6.45) is 10.4. The lowest BCUT2D eigenvalue weighted by atomic mass is 9.83. The molecule has 8 nitrogen and oxygen atoms in total. The predicted molar refractivity (Wildman–Crippen MR) is 171 cm³/mol. The van der Waals surface area contributed by atoms with Crippen LogP contribution in [0.5, 0.6) is 0 Å². The van der Waals surface area contributed by atoms with E-state index < -0.39 is 20.2 Å². The first kappa shape index (κ1) is 32.6. The third-order valence-electron chi connectivity index (χ3n) is 7.33. The molecule has 1 aromatic heterocycles. The Labute approximate surface area is 246 Å². The molecular weight excluding hydrogens is 533 g/mol. The summed E-state index contributed by atoms with van der Waals surface area (Å²) in [5.74, 6) is -0.123. The number of nitrogens with one attached hydrogen (secondary N) is 3. The number of rotatable bonds is 16. The maximum absolute atomic E-state index is 13.8. The standard InChI is InChI=1S/C32H46N5O3P/c1-6-14-28(29(38)22-34-40-41(5)30(15-7-2)33-8-3)37-32(39)31(25-17-10-9-11-18-25)35-23(4)26-21-20-24-16-12-13-19-27(24)36-26/h7,12-13,15-16,19-21,25,28,31,34-35H,4,6,8-11,14,17-18,22H2,1-3,5H3,(H,37,39)/b15-7-,33-30?. The molecule has 0 spiro atoms. The number of hydrogen-bond acceptors (Lipinski definition) is 7. The first-order valence-electron chi connectivity index (χ1n) is 14.8. The van der Waals surface area contributed by atoms with Crippen molar-refractivity contribution in [2.24, 2.45) is 10.9 Å². The summed E-state index contributed by atoms with van der Waals surface area (Å²) in [6, 6.07) is 10.8. The number of ketones is 1. The van der Waals surface area contributed by atoms with Gasteiger partial charge >= 0.3 is 0 Å². The zero-order valence-electron chi connectivity index (χ0n) is 25.0. The predicted octanol–water partition coefficient (Wildman–Crippen LogP) is 6.14. The molecule has 1 aromatic carbocycles. The average Bonchev–Trinajstić information content (AvgIpc) is 2.99. The van der Waals surface area contributed by atoms with Gasteiger partial charge in [-0.1, -0.05) is 69.5 Å². The van der Waals surface area contributed by atoms with Gasteiger partial charge in [-0.15, -0.1) is 0 Å². The van der Waals surface area contributed by atoms with Gasteiger partial charge in [0.25, 0.3) is 0 Å². The number of benzene rings is 1. The third kappa shape index (κ3) is 9.84. The molecule has 3 N–H and O–H groups in total. The van der Waals surface area contributed by atoms with Crippen LogP contribution in [0.25, 0.3) is 16.6 Å². The number of fused-ring (bicyclic) bond motifs is 1. The Kier molecular flexibility index (Phi) is 13.6. The highest BCUT2D eigenvalue weighted by Gasteiger charge is 2.32. The third-order valence-corrected chi connectivity index (χ3v) is 8.67. The van der Waals surface area contributed by atoms with Gasteiger partial charge in [-0.25, -0.2) is 4.98 Å². The molecule has 41 heavy (non-hydrogen) atoms. The Morgan fingerprint density at radius 3 is 2.61 bits per heavy atom. The number of carbonyl (C=O) groups is 2. The van der Waals surface area contributed by atoms with Crippen molar-refractivity contribution in [2.45, 2.75) is 77.8 Å². The lowest BCUT2D eigenvalue weighted by molar-refractivity contribution is -0.130.